The highest BCUT2D eigenvalue weighted by molar-refractivity contribution is 5.82. The normalized spacial score (nSPS) is 51.1. The second-order valence-corrected chi connectivity index (χ2v) is 8.49. The monoisotopic (exact) mass is 320 g/mol. The highest BCUT2D eigenvalue weighted by atomic mass is 16.6. The summed E-state index contributed by atoms with van der Waals surface area (Å²) in [6.07, 6.45) is 2.31. The molecule has 5 aliphatic rings. The molecule has 2 saturated carbocycles. The second-order valence-electron chi connectivity index (χ2n) is 8.49. The maximum atomic E-state index is 12.7. The van der Waals surface area contributed by atoms with Gasteiger partial charge in [-0.2, -0.15) is 0 Å². The Labute approximate surface area is 136 Å². The van der Waals surface area contributed by atoms with Crippen molar-refractivity contribution in [2.24, 2.45) is 27.6 Å². The summed E-state index contributed by atoms with van der Waals surface area (Å²) in [6.45, 7) is 8.58. The van der Waals surface area contributed by atoms with Crippen LogP contribution < -0.4 is 0 Å². The van der Waals surface area contributed by atoms with Gasteiger partial charge in [0.15, 0.2) is 0 Å². The standard InChI is InChI=1S/C18H24O5/c1-15(2)6-5-10-16(3)17(9-23-10)11(14(19)20-4)12-13(18(15,16)17)22-8-7-21-12/h10-11H,5-9H2,1-4H3/t10-,11+,16+,17+,18?/m0/s1. The van der Waals surface area contributed by atoms with Crippen molar-refractivity contribution in [3.63, 3.8) is 0 Å². The summed E-state index contributed by atoms with van der Waals surface area (Å²) in [7, 11) is 1.46. The van der Waals surface area contributed by atoms with Gasteiger partial charge in [-0.15, -0.1) is 0 Å². The molecule has 0 aromatic heterocycles. The van der Waals surface area contributed by atoms with Gasteiger partial charge in [0.1, 0.15) is 30.6 Å². The molecule has 126 valence electrons. The average molecular weight is 320 g/mol. The Morgan fingerprint density at radius 1 is 1.22 bits per heavy atom. The zero-order chi connectivity index (χ0) is 16.3. The van der Waals surface area contributed by atoms with E-state index in [0.717, 1.165) is 24.4 Å². The third-order valence-corrected chi connectivity index (χ3v) is 7.86. The summed E-state index contributed by atoms with van der Waals surface area (Å²) in [4.78, 5) is 12.7. The maximum absolute atomic E-state index is 12.7. The van der Waals surface area contributed by atoms with Crippen LogP contribution in [-0.2, 0) is 23.7 Å². The highest BCUT2D eigenvalue weighted by Crippen LogP contribution is 2.98. The molecule has 0 N–H and O–H groups in total. The first-order valence-corrected chi connectivity index (χ1v) is 8.60. The number of rotatable bonds is 1. The third kappa shape index (κ3) is 1.04. The number of esters is 1. The number of carbonyl (C=O) groups is 1. The Morgan fingerprint density at radius 2 is 1.96 bits per heavy atom. The van der Waals surface area contributed by atoms with Crippen molar-refractivity contribution in [2.75, 3.05) is 26.9 Å². The molecule has 1 unspecified atom stereocenters. The molecule has 5 rings (SSSR count). The predicted molar refractivity (Wildman–Crippen MR) is 80.2 cm³/mol. The Bertz CT molecular complexity index is 652. The van der Waals surface area contributed by atoms with Crippen molar-refractivity contribution in [2.45, 2.75) is 39.7 Å². The van der Waals surface area contributed by atoms with Gasteiger partial charge in [0, 0.05) is 10.8 Å². The minimum Gasteiger partial charge on any atom is -0.490 e. The molecular weight excluding hydrogens is 296 g/mol. The van der Waals surface area contributed by atoms with E-state index in [-0.39, 0.29) is 33.7 Å². The number of carbonyl (C=O) groups excluding carboxylic acids is 1. The Hall–Kier alpha value is -1.23. The van der Waals surface area contributed by atoms with Crippen LogP contribution in [0.5, 0.6) is 0 Å². The van der Waals surface area contributed by atoms with E-state index >= 15 is 0 Å². The SMILES string of the molecule is COC(=O)[C@H]1C2=C(OCCO2)C23C(C)(C)CC[C@@H]4OC[C@]12[C@@]43C. The van der Waals surface area contributed by atoms with Crippen molar-refractivity contribution < 1.29 is 23.7 Å². The van der Waals surface area contributed by atoms with Gasteiger partial charge in [0.2, 0.25) is 0 Å². The molecule has 3 aliphatic carbocycles. The fraction of sp³-hybridized carbons (Fsp3) is 0.833. The number of methoxy groups -OCH3 is 1. The van der Waals surface area contributed by atoms with Gasteiger partial charge >= 0.3 is 5.97 Å². The van der Waals surface area contributed by atoms with Gasteiger partial charge in [-0.05, 0) is 18.3 Å². The third-order valence-electron chi connectivity index (χ3n) is 7.86. The molecule has 5 nitrogen and oxygen atoms in total. The lowest BCUT2D eigenvalue weighted by Crippen LogP contribution is -2.45. The van der Waals surface area contributed by atoms with Gasteiger partial charge in [0.25, 0.3) is 0 Å². The van der Waals surface area contributed by atoms with Crippen molar-refractivity contribution >= 4 is 5.97 Å². The predicted octanol–water partition coefficient (Wildman–Crippen LogP) is 2.26. The van der Waals surface area contributed by atoms with Crippen LogP contribution >= 0.6 is 0 Å². The number of hydrogen-bond acceptors (Lipinski definition) is 5. The molecule has 0 aromatic carbocycles. The molecule has 5 heteroatoms. The van der Waals surface area contributed by atoms with E-state index in [2.05, 4.69) is 20.8 Å². The van der Waals surface area contributed by atoms with Crippen molar-refractivity contribution in [3.05, 3.63) is 11.5 Å². The van der Waals surface area contributed by atoms with Crippen LogP contribution in [0.25, 0.3) is 0 Å². The molecule has 0 aromatic rings. The van der Waals surface area contributed by atoms with E-state index in [0.29, 0.717) is 19.8 Å². The molecule has 3 fully saturated rings. The summed E-state index contributed by atoms with van der Waals surface area (Å²) >= 11 is 0. The van der Waals surface area contributed by atoms with Crippen molar-refractivity contribution in [1.82, 2.24) is 0 Å². The number of ether oxygens (including phenoxy) is 4. The zero-order valence-corrected chi connectivity index (χ0v) is 14.2. The zero-order valence-electron chi connectivity index (χ0n) is 14.2. The Kier molecular flexibility index (Phi) is 2.28. The Balaban J connectivity index is 1.80. The quantitative estimate of drug-likeness (QED) is 0.694. The largest absolute Gasteiger partial charge is 0.490 e. The van der Waals surface area contributed by atoms with Crippen LogP contribution in [0.2, 0.25) is 0 Å². The van der Waals surface area contributed by atoms with Gasteiger partial charge < -0.3 is 18.9 Å². The number of allylic oxidation sites excluding steroid dienone is 1. The molecule has 2 aliphatic heterocycles. The molecule has 2 heterocycles. The fourth-order valence-corrected chi connectivity index (χ4v) is 7.33. The van der Waals surface area contributed by atoms with E-state index in [1.807, 2.05) is 0 Å². The molecule has 2 spiro atoms. The topological polar surface area (TPSA) is 54.0 Å². The van der Waals surface area contributed by atoms with Crippen LogP contribution in [0, 0.1) is 27.6 Å². The van der Waals surface area contributed by atoms with Crippen LogP contribution in [0.15, 0.2) is 11.5 Å². The lowest BCUT2D eigenvalue weighted by atomic mass is 9.61. The molecule has 0 amide bonds. The van der Waals surface area contributed by atoms with E-state index in [1.165, 1.54) is 7.11 Å². The lowest BCUT2D eigenvalue weighted by Gasteiger charge is -2.47. The minimum atomic E-state index is -0.393. The van der Waals surface area contributed by atoms with Crippen LogP contribution in [-0.4, -0.2) is 39.0 Å². The second kappa shape index (κ2) is 3.71. The molecule has 5 atom stereocenters. The number of hydrogen-bond donors (Lipinski definition) is 0. The summed E-state index contributed by atoms with van der Waals surface area (Å²) in [5.41, 5.74) is -0.457. The highest BCUT2D eigenvalue weighted by Gasteiger charge is 3.01. The van der Waals surface area contributed by atoms with E-state index in [9.17, 15) is 4.79 Å². The van der Waals surface area contributed by atoms with E-state index in [1.54, 1.807) is 0 Å². The molecular formula is C18H24O5. The summed E-state index contributed by atoms with van der Waals surface area (Å²) in [5.74, 6) is 1.05. The first-order valence-electron chi connectivity index (χ1n) is 8.60. The van der Waals surface area contributed by atoms with Crippen molar-refractivity contribution in [1.29, 1.82) is 0 Å². The fourth-order valence-electron chi connectivity index (χ4n) is 7.33. The minimum absolute atomic E-state index is 0.0477. The summed E-state index contributed by atoms with van der Waals surface area (Å²) < 4.78 is 23.5. The van der Waals surface area contributed by atoms with Gasteiger partial charge in [-0.25, -0.2) is 0 Å². The van der Waals surface area contributed by atoms with Crippen LogP contribution in [0.1, 0.15) is 33.6 Å². The first kappa shape index (κ1) is 14.1. The molecule has 1 saturated heterocycles. The summed E-state index contributed by atoms with van der Waals surface area (Å²) in [5, 5.41) is 0. The Morgan fingerprint density at radius 3 is 2.70 bits per heavy atom. The first-order chi connectivity index (χ1) is 10.9. The van der Waals surface area contributed by atoms with Gasteiger partial charge in [0.05, 0.1) is 25.2 Å². The van der Waals surface area contributed by atoms with Crippen LogP contribution in [0.3, 0.4) is 0 Å². The van der Waals surface area contributed by atoms with Gasteiger partial charge in [-0.3, -0.25) is 4.79 Å². The maximum Gasteiger partial charge on any atom is 0.317 e. The van der Waals surface area contributed by atoms with E-state index < -0.39 is 5.92 Å². The summed E-state index contributed by atoms with van der Waals surface area (Å²) in [6, 6.07) is 0. The van der Waals surface area contributed by atoms with Gasteiger partial charge in [-0.1, -0.05) is 20.8 Å². The average Bonchev–Trinajstić information content (AvgIpc) is 2.77. The molecule has 0 bridgehead atoms. The van der Waals surface area contributed by atoms with E-state index in [4.69, 9.17) is 18.9 Å². The van der Waals surface area contributed by atoms with Crippen molar-refractivity contribution in [3.8, 4) is 0 Å². The molecule has 0 radical (unpaired) electrons. The molecule has 23 heavy (non-hydrogen) atoms. The van der Waals surface area contributed by atoms with Crippen LogP contribution in [0.4, 0.5) is 0 Å². The smallest absolute Gasteiger partial charge is 0.317 e. The lowest BCUT2D eigenvalue weighted by molar-refractivity contribution is -0.149.